The molecular formula is C40H39NO6S. The van der Waals surface area contributed by atoms with E-state index in [1.165, 1.54) is 0 Å². The number of para-hydroxylation sites is 1. The van der Waals surface area contributed by atoms with Gasteiger partial charge < -0.3 is 23.7 Å². The van der Waals surface area contributed by atoms with E-state index in [1.807, 2.05) is 140 Å². The van der Waals surface area contributed by atoms with Crippen molar-refractivity contribution in [1.82, 2.24) is 0 Å². The van der Waals surface area contributed by atoms with Crippen LogP contribution in [0.3, 0.4) is 0 Å². The van der Waals surface area contributed by atoms with Gasteiger partial charge in [0, 0.05) is 10.6 Å². The number of nitrogens with one attached hydrogen (secondary N) is 1. The Bertz CT molecular complexity index is 1650. The lowest BCUT2D eigenvalue weighted by molar-refractivity contribution is -0.251. The normalized spacial score (nSPS) is 20.5. The average molecular weight is 662 g/mol. The number of hydrogen-bond acceptors (Lipinski definition) is 7. The summed E-state index contributed by atoms with van der Waals surface area (Å²) in [6, 6.07) is 49.3. The Kier molecular flexibility index (Phi) is 12.3. The summed E-state index contributed by atoms with van der Waals surface area (Å²) < 4.78 is 32.7. The summed E-state index contributed by atoms with van der Waals surface area (Å²) in [6.45, 7) is 0.958. The van der Waals surface area contributed by atoms with Crippen LogP contribution in [0.25, 0.3) is 0 Å². The minimum atomic E-state index is -0.659. The Morgan fingerprint density at radius 2 is 1.00 bits per heavy atom. The molecule has 1 saturated heterocycles. The topological polar surface area (TPSA) is 75.3 Å². The van der Waals surface area contributed by atoms with Crippen LogP contribution in [0.2, 0.25) is 0 Å². The Morgan fingerprint density at radius 3 is 1.52 bits per heavy atom. The van der Waals surface area contributed by atoms with Crippen LogP contribution in [-0.2, 0) is 43.5 Å². The molecule has 5 atom stereocenters. The zero-order valence-corrected chi connectivity index (χ0v) is 27.3. The van der Waals surface area contributed by atoms with Crippen LogP contribution in [0.15, 0.2) is 157 Å². The zero-order valence-electron chi connectivity index (χ0n) is 26.5. The van der Waals surface area contributed by atoms with Crippen LogP contribution in [0, 0.1) is 0 Å². The summed E-state index contributed by atoms with van der Waals surface area (Å²) in [6.07, 6.45) is -2.98. The van der Waals surface area contributed by atoms with Crippen LogP contribution in [0.5, 0.6) is 0 Å². The molecule has 0 unspecified atom stereocenters. The van der Waals surface area contributed by atoms with Gasteiger partial charge in [-0.1, -0.05) is 139 Å². The number of rotatable bonds is 14. The standard InChI is InChI=1S/C40H39NO6S/c42-40(41-33-22-12-4-13-23-33)46-29-35-36(43-26-30-16-6-1-7-17-30)37(44-27-31-18-8-2-9-19-31)38(45-28-32-20-10-3-11-21-32)39(47-35)48-34-24-14-5-15-25-34/h1-25,35-39H,26-29H2,(H,41,42)/t35-,36-,37+,38-,39+/m1/s1. The van der Waals surface area contributed by atoms with Crippen molar-refractivity contribution in [2.24, 2.45) is 0 Å². The molecule has 1 amide bonds. The molecule has 0 bridgehead atoms. The third-order valence-electron chi connectivity index (χ3n) is 7.84. The number of amides is 1. The van der Waals surface area contributed by atoms with Gasteiger partial charge in [-0.3, -0.25) is 5.32 Å². The van der Waals surface area contributed by atoms with Gasteiger partial charge in [-0.25, -0.2) is 4.79 Å². The van der Waals surface area contributed by atoms with Gasteiger partial charge in [-0.15, -0.1) is 0 Å². The largest absolute Gasteiger partial charge is 0.446 e. The molecule has 1 N–H and O–H groups in total. The second-order valence-corrected chi connectivity index (χ2v) is 12.5. The van der Waals surface area contributed by atoms with Crippen molar-refractivity contribution in [3.8, 4) is 0 Å². The van der Waals surface area contributed by atoms with Crippen molar-refractivity contribution in [2.45, 2.75) is 54.6 Å². The molecule has 8 heteroatoms. The SMILES string of the molecule is O=C(Nc1ccccc1)OC[C@H]1O[C@@H](Sc2ccccc2)[C@H](OCc2ccccc2)[C@@H](OCc2ccccc2)[C@@H]1OCc1ccccc1. The fourth-order valence-corrected chi connectivity index (χ4v) is 6.59. The van der Waals surface area contributed by atoms with E-state index in [9.17, 15) is 4.79 Å². The highest BCUT2D eigenvalue weighted by atomic mass is 32.2. The highest BCUT2D eigenvalue weighted by molar-refractivity contribution is 7.99. The summed E-state index contributed by atoms with van der Waals surface area (Å²) in [5.41, 5.74) is 3.20. The fraction of sp³-hybridized carbons (Fsp3) is 0.225. The zero-order chi connectivity index (χ0) is 32.8. The molecule has 6 rings (SSSR count). The van der Waals surface area contributed by atoms with Crippen LogP contribution in [0.4, 0.5) is 10.5 Å². The lowest BCUT2D eigenvalue weighted by atomic mass is 9.99. The molecule has 1 aliphatic rings. The van der Waals surface area contributed by atoms with Crippen molar-refractivity contribution < 1.29 is 28.5 Å². The maximum atomic E-state index is 12.9. The summed E-state index contributed by atoms with van der Waals surface area (Å²) in [5.74, 6) is 0. The fourth-order valence-electron chi connectivity index (χ4n) is 5.44. The highest BCUT2D eigenvalue weighted by Crippen LogP contribution is 2.38. The average Bonchev–Trinajstić information content (AvgIpc) is 3.14. The number of carbonyl (C=O) groups excluding carboxylic acids is 1. The first kappa shape index (κ1) is 33.5. The molecule has 1 aliphatic heterocycles. The van der Waals surface area contributed by atoms with E-state index < -0.39 is 35.9 Å². The van der Waals surface area contributed by atoms with E-state index in [2.05, 4.69) is 5.32 Å². The van der Waals surface area contributed by atoms with Crippen LogP contribution >= 0.6 is 11.8 Å². The van der Waals surface area contributed by atoms with E-state index >= 15 is 0 Å². The minimum Gasteiger partial charge on any atom is -0.446 e. The molecule has 7 nitrogen and oxygen atoms in total. The van der Waals surface area contributed by atoms with Crippen molar-refractivity contribution in [3.05, 3.63) is 168 Å². The van der Waals surface area contributed by atoms with Crippen LogP contribution in [-0.4, -0.2) is 42.6 Å². The van der Waals surface area contributed by atoms with Crippen molar-refractivity contribution in [2.75, 3.05) is 11.9 Å². The van der Waals surface area contributed by atoms with Gasteiger partial charge in [0.1, 0.15) is 36.5 Å². The van der Waals surface area contributed by atoms with Crippen LogP contribution in [0.1, 0.15) is 16.7 Å². The molecule has 48 heavy (non-hydrogen) atoms. The molecular weight excluding hydrogens is 623 g/mol. The molecule has 5 aromatic carbocycles. The van der Waals surface area contributed by atoms with Gasteiger partial charge in [0.15, 0.2) is 0 Å². The number of ether oxygens (including phenoxy) is 5. The maximum Gasteiger partial charge on any atom is 0.411 e. The minimum absolute atomic E-state index is 0.0550. The lowest BCUT2D eigenvalue weighted by Crippen LogP contribution is -2.60. The molecule has 0 aliphatic carbocycles. The summed E-state index contributed by atoms with van der Waals surface area (Å²) >= 11 is 1.55. The molecule has 246 valence electrons. The second-order valence-electron chi connectivity index (χ2n) is 11.3. The molecule has 0 aromatic heterocycles. The molecule has 0 saturated carbocycles. The van der Waals surface area contributed by atoms with E-state index in [0.29, 0.717) is 25.5 Å². The Morgan fingerprint density at radius 1 is 0.562 bits per heavy atom. The quantitative estimate of drug-likeness (QED) is 0.128. The first-order valence-electron chi connectivity index (χ1n) is 16.0. The third-order valence-corrected chi connectivity index (χ3v) is 9.00. The second kappa shape index (κ2) is 17.6. The number of thioether (sulfide) groups is 1. The van der Waals surface area contributed by atoms with Gasteiger partial charge in [-0.05, 0) is 41.0 Å². The molecule has 5 aromatic rings. The molecule has 0 radical (unpaired) electrons. The maximum absolute atomic E-state index is 12.9. The van der Waals surface area contributed by atoms with E-state index in [4.69, 9.17) is 23.7 Å². The van der Waals surface area contributed by atoms with E-state index in [1.54, 1.807) is 23.9 Å². The molecule has 1 heterocycles. The van der Waals surface area contributed by atoms with E-state index in [0.717, 1.165) is 21.6 Å². The summed E-state index contributed by atoms with van der Waals surface area (Å²) in [4.78, 5) is 14.0. The Hall–Kier alpha value is -4.44. The van der Waals surface area contributed by atoms with Crippen molar-refractivity contribution in [1.29, 1.82) is 0 Å². The predicted octanol–water partition coefficient (Wildman–Crippen LogP) is 8.51. The summed E-state index contributed by atoms with van der Waals surface area (Å²) in [7, 11) is 0. The summed E-state index contributed by atoms with van der Waals surface area (Å²) in [5, 5.41) is 2.79. The highest BCUT2D eigenvalue weighted by Gasteiger charge is 2.49. The Balaban J connectivity index is 1.30. The van der Waals surface area contributed by atoms with Crippen molar-refractivity contribution >= 4 is 23.5 Å². The number of benzene rings is 5. The molecule has 1 fully saturated rings. The lowest BCUT2D eigenvalue weighted by Gasteiger charge is -2.45. The van der Waals surface area contributed by atoms with Gasteiger partial charge in [0.05, 0.1) is 19.8 Å². The van der Waals surface area contributed by atoms with Crippen LogP contribution < -0.4 is 5.32 Å². The number of hydrogen-bond donors (Lipinski definition) is 1. The van der Waals surface area contributed by atoms with Gasteiger partial charge in [0.25, 0.3) is 0 Å². The number of anilines is 1. The third kappa shape index (κ3) is 9.79. The molecule has 0 spiro atoms. The van der Waals surface area contributed by atoms with Gasteiger partial charge in [-0.2, -0.15) is 0 Å². The van der Waals surface area contributed by atoms with E-state index in [-0.39, 0.29) is 6.61 Å². The van der Waals surface area contributed by atoms with Gasteiger partial charge >= 0.3 is 6.09 Å². The predicted molar refractivity (Wildman–Crippen MR) is 187 cm³/mol. The Labute approximate surface area is 286 Å². The number of carbonyl (C=O) groups is 1. The van der Waals surface area contributed by atoms with Crippen molar-refractivity contribution in [3.63, 3.8) is 0 Å². The smallest absolute Gasteiger partial charge is 0.411 e. The first-order valence-corrected chi connectivity index (χ1v) is 16.9. The monoisotopic (exact) mass is 661 g/mol. The first-order chi connectivity index (χ1) is 23.7. The van der Waals surface area contributed by atoms with Gasteiger partial charge in [0.2, 0.25) is 0 Å².